The second-order valence-electron chi connectivity index (χ2n) is 5.82. The van der Waals surface area contributed by atoms with Crippen LogP contribution in [0, 0.1) is 0 Å². The van der Waals surface area contributed by atoms with E-state index < -0.39 is 0 Å². The molecule has 0 bridgehead atoms. The summed E-state index contributed by atoms with van der Waals surface area (Å²) in [5, 5.41) is 5.83. The molecule has 0 unspecified atom stereocenters. The Balaban J connectivity index is 1.50. The third kappa shape index (κ3) is 4.42. The SMILES string of the molecule is O=C(NCCc1ccccc1)c1ccc(C(=O)NC2CC2)cc1. The first-order chi connectivity index (χ1) is 11.2. The Kier molecular flexibility index (Phi) is 4.71. The van der Waals surface area contributed by atoms with Crippen molar-refractivity contribution in [3.8, 4) is 0 Å². The lowest BCUT2D eigenvalue weighted by molar-refractivity contribution is 0.0940. The minimum Gasteiger partial charge on any atom is -0.352 e. The van der Waals surface area contributed by atoms with Gasteiger partial charge in [0.25, 0.3) is 11.8 Å². The van der Waals surface area contributed by atoms with Gasteiger partial charge in [0.1, 0.15) is 0 Å². The van der Waals surface area contributed by atoms with E-state index in [1.165, 1.54) is 5.56 Å². The second kappa shape index (κ2) is 7.09. The molecule has 0 aliphatic heterocycles. The minimum atomic E-state index is -0.116. The average molecular weight is 308 g/mol. The third-order valence-electron chi connectivity index (χ3n) is 3.86. The smallest absolute Gasteiger partial charge is 0.251 e. The molecule has 23 heavy (non-hydrogen) atoms. The molecule has 1 saturated carbocycles. The Bertz CT molecular complexity index is 676. The fourth-order valence-electron chi connectivity index (χ4n) is 2.34. The van der Waals surface area contributed by atoms with Crippen LogP contribution in [0.3, 0.4) is 0 Å². The lowest BCUT2D eigenvalue weighted by Crippen LogP contribution is -2.27. The van der Waals surface area contributed by atoms with Crippen molar-refractivity contribution in [1.29, 1.82) is 0 Å². The third-order valence-corrected chi connectivity index (χ3v) is 3.86. The normalized spacial score (nSPS) is 13.4. The van der Waals surface area contributed by atoms with Gasteiger partial charge in [-0.1, -0.05) is 30.3 Å². The highest BCUT2D eigenvalue weighted by molar-refractivity contribution is 5.98. The summed E-state index contributed by atoms with van der Waals surface area (Å²) in [5.74, 6) is -0.182. The van der Waals surface area contributed by atoms with Crippen molar-refractivity contribution in [2.45, 2.75) is 25.3 Å². The van der Waals surface area contributed by atoms with Gasteiger partial charge >= 0.3 is 0 Å². The van der Waals surface area contributed by atoms with Crippen LogP contribution >= 0.6 is 0 Å². The summed E-state index contributed by atoms with van der Waals surface area (Å²) in [6.07, 6.45) is 2.93. The van der Waals surface area contributed by atoms with Gasteiger partial charge in [-0.15, -0.1) is 0 Å². The average Bonchev–Trinajstić information content (AvgIpc) is 3.40. The first kappa shape index (κ1) is 15.3. The van der Waals surface area contributed by atoms with Gasteiger partial charge in [-0.3, -0.25) is 9.59 Å². The summed E-state index contributed by atoms with van der Waals surface area (Å²) in [5.41, 5.74) is 2.36. The zero-order valence-corrected chi connectivity index (χ0v) is 12.9. The fourth-order valence-corrected chi connectivity index (χ4v) is 2.34. The Hall–Kier alpha value is -2.62. The van der Waals surface area contributed by atoms with Gasteiger partial charge in [0.05, 0.1) is 0 Å². The molecule has 0 spiro atoms. The summed E-state index contributed by atoms with van der Waals surface area (Å²) in [4.78, 5) is 24.0. The number of carbonyl (C=O) groups excluding carboxylic acids is 2. The molecule has 0 radical (unpaired) electrons. The van der Waals surface area contributed by atoms with Gasteiger partial charge in [0.2, 0.25) is 0 Å². The molecule has 0 heterocycles. The lowest BCUT2D eigenvalue weighted by atomic mass is 10.1. The van der Waals surface area contributed by atoms with Gasteiger partial charge in [-0.2, -0.15) is 0 Å². The summed E-state index contributed by atoms with van der Waals surface area (Å²) in [7, 11) is 0. The van der Waals surface area contributed by atoms with E-state index in [-0.39, 0.29) is 11.8 Å². The maximum absolute atomic E-state index is 12.1. The Labute approximate surface area is 135 Å². The van der Waals surface area contributed by atoms with E-state index in [0.717, 1.165) is 19.3 Å². The van der Waals surface area contributed by atoms with E-state index in [4.69, 9.17) is 0 Å². The molecule has 2 aromatic carbocycles. The molecule has 1 aliphatic carbocycles. The molecule has 2 aromatic rings. The predicted octanol–water partition coefficient (Wildman–Crippen LogP) is 2.55. The van der Waals surface area contributed by atoms with Crippen LogP contribution in [0.4, 0.5) is 0 Å². The zero-order chi connectivity index (χ0) is 16.1. The molecular weight excluding hydrogens is 288 g/mol. The Morgan fingerprint density at radius 1 is 0.870 bits per heavy atom. The minimum absolute atomic E-state index is 0.0662. The van der Waals surface area contributed by atoms with E-state index in [0.29, 0.717) is 23.7 Å². The van der Waals surface area contributed by atoms with Crippen LogP contribution in [-0.4, -0.2) is 24.4 Å². The van der Waals surface area contributed by atoms with Crippen molar-refractivity contribution < 1.29 is 9.59 Å². The van der Waals surface area contributed by atoms with Crippen molar-refractivity contribution in [3.63, 3.8) is 0 Å². The summed E-state index contributed by atoms with van der Waals surface area (Å²) < 4.78 is 0. The van der Waals surface area contributed by atoms with Gasteiger partial charge in [-0.05, 0) is 49.1 Å². The summed E-state index contributed by atoms with van der Waals surface area (Å²) in [6, 6.07) is 17.2. The van der Waals surface area contributed by atoms with Crippen molar-refractivity contribution in [1.82, 2.24) is 10.6 Å². The molecule has 1 fully saturated rings. The topological polar surface area (TPSA) is 58.2 Å². The molecule has 2 N–H and O–H groups in total. The largest absolute Gasteiger partial charge is 0.352 e. The first-order valence-corrected chi connectivity index (χ1v) is 7.95. The Morgan fingerprint density at radius 3 is 2.09 bits per heavy atom. The quantitative estimate of drug-likeness (QED) is 0.861. The van der Waals surface area contributed by atoms with Crippen molar-refractivity contribution in [2.24, 2.45) is 0 Å². The number of hydrogen-bond acceptors (Lipinski definition) is 2. The fraction of sp³-hybridized carbons (Fsp3) is 0.263. The molecule has 1 aliphatic rings. The van der Waals surface area contributed by atoms with Crippen LogP contribution in [0.25, 0.3) is 0 Å². The van der Waals surface area contributed by atoms with E-state index >= 15 is 0 Å². The van der Waals surface area contributed by atoms with E-state index in [1.54, 1.807) is 24.3 Å². The van der Waals surface area contributed by atoms with E-state index in [2.05, 4.69) is 10.6 Å². The van der Waals surface area contributed by atoms with Crippen molar-refractivity contribution in [2.75, 3.05) is 6.54 Å². The molecule has 0 atom stereocenters. The lowest BCUT2D eigenvalue weighted by Gasteiger charge is -2.07. The predicted molar refractivity (Wildman–Crippen MR) is 89.4 cm³/mol. The number of hydrogen-bond donors (Lipinski definition) is 2. The summed E-state index contributed by atoms with van der Waals surface area (Å²) >= 11 is 0. The van der Waals surface area contributed by atoms with Crippen LogP contribution in [0.2, 0.25) is 0 Å². The highest BCUT2D eigenvalue weighted by Crippen LogP contribution is 2.19. The first-order valence-electron chi connectivity index (χ1n) is 7.95. The van der Waals surface area contributed by atoms with Crippen LogP contribution in [-0.2, 0) is 6.42 Å². The molecule has 118 valence electrons. The van der Waals surface area contributed by atoms with Gasteiger partial charge in [0, 0.05) is 23.7 Å². The maximum atomic E-state index is 12.1. The van der Waals surface area contributed by atoms with Gasteiger partial charge < -0.3 is 10.6 Å². The molecule has 4 heteroatoms. The van der Waals surface area contributed by atoms with Crippen LogP contribution < -0.4 is 10.6 Å². The second-order valence-corrected chi connectivity index (χ2v) is 5.82. The number of rotatable bonds is 6. The number of nitrogens with one attached hydrogen (secondary N) is 2. The highest BCUT2D eigenvalue weighted by Gasteiger charge is 2.23. The number of amides is 2. The van der Waals surface area contributed by atoms with Gasteiger partial charge in [0.15, 0.2) is 0 Å². The van der Waals surface area contributed by atoms with E-state index in [1.807, 2.05) is 30.3 Å². The monoisotopic (exact) mass is 308 g/mol. The van der Waals surface area contributed by atoms with Crippen molar-refractivity contribution >= 4 is 11.8 Å². The highest BCUT2D eigenvalue weighted by atomic mass is 16.2. The number of carbonyl (C=O) groups is 2. The summed E-state index contributed by atoms with van der Waals surface area (Å²) in [6.45, 7) is 0.590. The molecule has 0 aromatic heterocycles. The molecular formula is C19H20N2O2. The molecule has 4 nitrogen and oxygen atoms in total. The van der Waals surface area contributed by atoms with Crippen LogP contribution in [0.15, 0.2) is 54.6 Å². The molecule has 2 amide bonds. The van der Waals surface area contributed by atoms with Crippen LogP contribution in [0.5, 0.6) is 0 Å². The zero-order valence-electron chi connectivity index (χ0n) is 12.9. The van der Waals surface area contributed by atoms with Crippen molar-refractivity contribution in [3.05, 3.63) is 71.3 Å². The van der Waals surface area contributed by atoms with E-state index in [9.17, 15) is 9.59 Å². The van der Waals surface area contributed by atoms with Crippen LogP contribution in [0.1, 0.15) is 39.1 Å². The Morgan fingerprint density at radius 2 is 1.48 bits per heavy atom. The number of benzene rings is 2. The molecule has 3 rings (SSSR count). The molecule has 0 saturated heterocycles. The van der Waals surface area contributed by atoms with Gasteiger partial charge in [-0.25, -0.2) is 0 Å². The standard InChI is InChI=1S/C19H20N2O2/c22-18(20-13-12-14-4-2-1-3-5-14)15-6-8-16(9-7-15)19(23)21-17-10-11-17/h1-9,17H,10-13H2,(H,20,22)(H,21,23). The maximum Gasteiger partial charge on any atom is 0.251 e.